The molecule has 0 aliphatic rings. The smallest absolute Gasteiger partial charge is 0.278 e. The molecule has 0 fully saturated rings. The minimum absolute atomic E-state index is 0.0886. The standard InChI is InChI=1S/C16H11F3N2O2S/c17-16(18,19)13-6-2-4-8-15(13)24(22,23)21-12-9-11-5-1-3-7-14(11)20-10-12/h1-10,21H. The van der Waals surface area contributed by atoms with Gasteiger partial charge in [0.25, 0.3) is 10.0 Å². The number of rotatable bonds is 3. The normalized spacial score (nSPS) is 12.3. The number of alkyl halides is 3. The number of nitrogens with one attached hydrogen (secondary N) is 1. The van der Waals surface area contributed by atoms with Gasteiger partial charge in [-0.15, -0.1) is 0 Å². The highest BCUT2D eigenvalue weighted by molar-refractivity contribution is 7.92. The number of hydrogen-bond acceptors (Lipinski definition) is 3. The molecule has 0 atom stereocenters. The van der Waals surface area contributed by atoms with E-state index in [1.807, 2.05) is 0 Å². The molecule has 0 aliphatic carbocycles. The summed E-state index contributed by atoms with van der Waals surface area (Å²) in [5.74, 6) is 0. The van der Waals surface area contributed by atoms with Crippen molar-refractivity contribution in [3.8, 4) is 0 Å². The third kappa shape index (κ3) is 3.18. The third-order valence-corrected chi connectivity index (χ3v) is 4.76. The molecule has 2 aromatic carbocycles. The number of para-hydroxylation sites is 1. The molecular weight excluding hydrogens is 341 g/mol. The monoisotopic (exact) mass is 352 g/mol. The van der Waals surface area contributed by atoms with E-state index >= 15 is 0 Å². The molecule has 8 heteroatoms. The van der Waals surface area contributed by atoms with Crippen LogP contribution >= 0.6 is 0 Å². The van der Waals surface area contributed by atoms with Gasteiger partial charge in [-0.3, -0.25) is 9.71 Å². The van der Waals surface area contributed by atoms with E-state index in [0.717, 1.165) is 18.2 Å². The highest BCUT2D eigenvalue weighted by Gasteiger charge is 2.36. The highest BCUT2D eigenvalue weighted by atomic mass is 32.2. The van der Waals surface area contributed by atoms with Crippen LogP contribution in [0.1, 0.15) is 5.56 Å². The molecule has 24 heavy (non-hydrogen) atoms. The Bertz CT molecular complexity index is 1000. The van der Waals surface area contributed by atoms with E-state index in [-0.39, 0.29) is 5.69 Å². The number of hydrogen-bond donors (Lipinski definition) is 1. The largest absolute Gasteiger partial charge is 0.417 e. The van der Waals surface area contributed by atoms with Crippen LogP contribution < -0.4 is 4.72 Å². The second-order valence-electron chi connectivity index (χ2n) is 5.02. The van der Waals surface area contributed by atoms with Gasteiger partial charge in [0.15, 0.2) is 0 Å². The molecule has 0 bridgehead atoms. The second-order valence-corrected chi connectivity index (χ2v) is 6.67. The van der Waals surface area contributed by atoms with Crippen molar-refractivity contribution in [1.29, 1.82) is 0 Å². The van der Waals surface area contributed by atoms with Crippen molar-refractivity contribution in [3.63, 3.8) is 0 Å². The summed E-state index contributed by atoms with van der Waals surface area (Å²) in [5.41, 5.74) is -0.479. The number of aromatic nitrogens is 1. The number of sulfonamides is 1. The van der Waals surface area contributed by atoms with Crippen molar-refractivity contribution in [3.05, 3.63) is 66.4 Å². The number of anilines is 1. The van der Waals surface area contributed by atoms with E-state index in [2.05, 4.69) is 9.71 Å². The first kappa shape index (κ1) is 16.3. The Morgan fingerprint density at radius 1 is 0.958 bits per heavy atom. The molecular formula is C16H11F3N2O2S. The Morgan fingerprint density at radius 3 is 2.38 bits per heavy atom. The maximum Gasteiger partial charge on any atom is 0.417 e. The number of pyridine rings is 1. The average molecular weight is 352 g/mol. The fourth-order valence-electron chi connectivity index (χ4n) is 2.27. The van der Waals surface area contributed by atoms with Gasteiger partial charge in [0.1, 0.15) is 0 Å². The number of nitrogens with zero attached hydrogens (tertiary/aromatic N) is 1. The second kappa shape index (κ2) is 5.79. The molecule has 1 N–H and O–H groups in total. The lowest BCUT2D eigenvalue weighted by molar-refractivity contribution is -0.139. The van der Waals surface area contributed by atoms with Crippen molar-refractivity contribution in [2.24, 2.45) is 0 Å². The van der Waals surface area contributed by atoms with Crippen LogP contribution in [0.15, 0.2) is 65.7 Å². The lowest BCUT2D eigenvalue weighted by Crippen LogP contribution is -2.18. The van der Waals surface area contributed by atoms with Crippen LogP contribution in [0.5, 0.6) is 0 Å². The molecule has 3 aromatic rings. The summed E-state index contributed by atoms with van der Waals surface area (Å²) in [7, 11) is -4.41. The zero-order chi connectivity index (χ0) is 17.4. The van der Waals surface area contributed by atoms with Gasteiger partial charge in [0.2, 0.25) is 0 Å². The number of halogens is 3. The molecule has 0 spiro atoms. The van der Waals surface area contributed by atoms with Crippen molar-refractivity contribution in [2.45, 2.75) is 11.1 Å². The molecule has 0 aliphatic heterocycles. The van der Waals surface area contributed by atoms with E-state index in [9.17, 15) is 21.6 Å². The molecule has 4 nitrogen and oxygen atoms in total. The maximum atomic E-state index is 13.0. The molecule has 0 radical (unpaired) electrons. The Balaban J connectivity index is 2.02. The molecule has 3 rings (SSSR count). The zero-order valence-corrected chi connectivity index (χ0v) is 12.9. The van der Waals surface area contributed by atoms with E-state index in [1.165, 1.54) is 18.3 Å². The molecule has 0 saturated heterocycles. The Hall–Kier alpha value is -2.61. The lowest BCUT2D eigenvalue weighted by atomic mass is 10.2. The lowest BCUT2D eigenvalue weighted by Gasteiger charge is -2.14. The molecule has 124 valence electrons. The van der Waals surface area contributed by atoms with E-state index < -0.39 is 26.7 Å². The molecule has 1 aromatic heterocycles. The van der Waals surface area contributed by atoms with Crippen LogP contribution in [0.4, 0.5) is 18.9 Å². The van der Waals surface area contributed by atoms with Crippen LogP contribution in [0.3, 0.4) is 0 Å². The maximum absolute atomic E-state index is 13.0. The predicted molar refractivity (Wildman–Crippen MR) is 84.0 cm³/mol. The molecule has 1 heterocycles. The van der Waals surface area contributed by atoms with Crippen LogP contribution in [0.2, 0.25) is 0 Å². The number of benzene rings is 2. The fourth-order valence-corrected chi connectivity index (χ4v) is 3.54. The van der Waals surface area contributed by atoms with E-state index in [0.29, 0.717) is 10.9 Å². The molecule has 0 unspecified atom stereocenters. The topological polar surface area (TPSA) is 59.1 Å². The predicted octanol–water partition coefficient (Wildman–Crippen LogP) is 4.05. The summed E-state index contributed by atoms with van der Waals surface area (Å²) in [6.07, 6.45) is -3.51. The zero-order valence-electron chi connectivity index (χ0n) is 12.1. The third-order valence-electron chi connectivity index (χ3n) is 3.32. The van der Waals surface area contributed by atoms with E-state index in [4.69, 9.17) is 0 Å². The summed E-state index contributed by atoms with van der Waals surface area (Å²) in [6.45, 7) is 0. The minimum Gasteiger partial charge on any atom is -0.278 e. The quantitative estimate of drug-likeness (QED) is 0.773. The van der Waals surface area contributed by atoms with Gasteiger partial charge >= 0.3 is 6.18 Å². The molecule has 0 saturated carbocycles. The van der Waals surface area contributed by atoms with Crippen LogP contribution in [-0.2, 0) is 16.2 Å². The van der Waals surface area contributed by atoms with Crippen molar-refractivity contribution in [1.82, 2.24) is 4.98 Å². The van der Waals surface area contributed by atoms with Gasteiger partial charge in [-0.25, -0.2) is 8.42 Å². The number of fused-ring (bicyclic) bond motifs is 1. The first-order chi connectivity index (χ1) is 11.3. The first-order valence-electron chi connectivity index (χ1n) is 6.81. The first-order valence-corrected chi connectivity index (χ1v) is 8.29. The van der Waals surface area contributed by atoms with Crippen LogP contribution in [-0.4, -0.2) is 13.4 Å². The van der Waals surface area contributed by atoms with Crippen molar-refractivity contribution >= 4 is 26.6 Å². The summed E-state index contributed by atoms with van der Waals surface area (Å²) in [5, 5.41) is 0.668. The van der Waals surface area contributed by atoms with E-state index in [1.54, 1.807) is 24.3 Å². The van der Waals surface area contributed by atoms with Gasteiger partial charge in [-0.1, -0.05) is 30.3 Å². The highest BCUT2D eigenvalue weighted by Crippen LogP contribution is 2.34. The summed E-state index contributed by atoms with van der Waals surface area (Å²) < 4.78 is 65.9. The minimum atomic E-state index is -4.77. The Labute approximate surface area is 136 Å². The Morgan fingerprint density at radius 2 is 1.62 bits per heavy atom. The summed E-state index contributed by atoms with van der Waals surface area (Å²) in [6, 6.07) is 12.5. The van der Waals surface area contributed by atoms with Gasteiger partial charge in [0.05, 0.1) is 27.9 Å². The van der Waals surface area contributed by atoms with Crippen LogP contribution in [0, 0.1) is 0 Å². The fraction of sp³-hybridized carbons (Fsp3) is 0.0625. The van der Waals surface area contributed by atoms with Crippen molar-refractivity contribution in [2.75, 3.05) is 4.72 Å². The summed E-state index contributed by atoms with van der Waals surface area (Å²) >= 11 is 0. The average Bonchev–Trinajstić information content (AvgIpc) is 2.53. The Kier molecular flexibility index (Phi) is 3.92. The summed E-state index contributed by atoms with van der Waals surface area (Å²) in [4.78, 5) is 3.25. The van der Waals surface area contributed by atoms with Gasteiger partial charge in [0, 0.05) is 5.39 Å². The van der Waals surface area contributed by atoms with Gasteiger partial charge in [-0.2, -0.15) is 13.2 Å². The van der Waals surface area contributed by atoms with Gasteiger partial charge in [-0.05, 0) is 24.3 Å². The molecule has 0 amide bonds. The van der Waals surface area contributed by atoms with Gasteiger partial charge < -0.3 is 0 Å². The SMILES string of the molecule is O=S(=O)(Nc1cnc2ccccc2c1)c1ccccc1C(F)(F)F. The van der Waals surface area contributed by atoms with Crippen molar-refractivity contribution < 1.29 is 21.6 Å². The van der Waals surface area contributed by atoms with Crippen LogP contribution in [0.25, 0.3) is 10.9 Å².